The Balaban J connectivity index is 1.84. The highest BCUT2D eigenvalue weighted by Gasteiger charge is 2.12. The van der Waals surface area contributed by atoms with Gasteiger partial charge in [0.2, 0.25) is 0 Å². The van der Waals surface area contributed by atoms with Crippen LogP contribution in [-0.4, -0.2) is 9.91 Å². The summed E-state index contributed by atoms with van der Waals surface area (Å²) in [6.45, 7) is 0. The van der Waals surface area contributed by atoms with Crippen molar-refractivity contribution in [2.45, 2.75) is 0 Å². The van der Waals surface area contributed by atoms with E-state index < -0.39 is 4.92 Å². The summed E-state index contributed by atoms with van der Waals surface area (Å²) in [5, 5.41) is 16.9. The lowest BCUT2D eigenvalue weighted by molar-refractivity contribution is -0.383. The van der Waals surface area contributed by atoms with Crippen molar-refractivity contribution in [3.05, 3.63) is 70.2 Å². The molecule has 21 heavy (non-hydrogen) atoms. The van der Waals surface area contributed by atoms with E-state index in [2.05, 4.69) is 10.3 Å². The lowest BCUT2D eigenvalue weighted by atomic mass is 10.2. The van der Waals surface area contributed by atoms with E-state index in [4.69, 9.17) is 0 Å². The van der Waals surface area contributed by atoms with Crippen LogP contribution in [0, 0.1) is 10.1 Å². The van der Waals surface area contributed by atoms with Crippen LogP contribution in [0.15, 0.2) is 60.1 Å². The second-order valence-electron chi connectivity index (χ2n) is 4.31. The molecule has 0 amide bonds. The third-order valence-electron chi connectivity index (χ3n) is 2.94. The Morgan fingerprint density at radius 3 is 2.52 bits per heavy atom. The van der Waals surface area contributed by atoms with Gasteiger partial charge in [-0.05, 0) is 30.3 Å². The van der Waals surface area contributed by atoms with E-state index >= 15 is 0 Å². The topological polar surface area (TPSA) is 68.1 Å². The van der Waals surface area contributed by atoms with Crippen molar-refractivity contribution in [2.75, 3.05) is 5.32 Å². The van der Waals surface area contributed by atoms with Crippen molar-refractivity contribution in [1.82, 2.24) is 4.98 Å². The Morgan fingerprint density at radius 2 is 1.86 bits per heavy atom. The molecule has 0 unspecified atom stereocenters. The van der Waals surface area contributed by atoms with Crippen LogP contribution < -0.4 is 5.32 Å². The highest BCUT2D eigenvalue weighted by atomic mass is 32.1. The number of para-hydroxylation sites is 2. The number of aromatic nitrogens is 1. The van der Waals surface area contributed by atoms with Gasteiger partial charge in [0.1, 0.15) is 10.7 Å². The third kappa shape index (κ3) is 2.90. The molecule has 0 aliphatic rings. The van der Waals surface area contributed by atoms with Gasteiger partial charge in [-0.15, -0.1) is 11.3 Å². The molecule has 0 radical (unpaired) electrons. The van der Waals surface area contributed by atoms with Crippen LogP contribution in [0.4, 0.5) is 17.1 Å². The summed E-state index contributed by atoms with van der Waals surface area (Å²) in [6.07, 6.45) is 1.76. The van der Waals surface area contributed by atoms with Gasteiger partial charge in [0.15, 0.2) is 0 Å². The molecule has 2 aromatic carbocycles. The molecule has 0 atom stereocenters. The van der Waals surface area contributed by atoms with Crippen molar-refractivity contribution >= 4 is 28.4 Å². The zero-order valence-electron chi connectivity index (χ0n) is 10.9. The summed E-state index contributed by atoms with van der Waals surface area (Å²) in [7, 11) is 0. The van der Waals surface area contributed by atoms with Gasteiger partial charge >= 0.3 is 0 Å². The molecule has 5 nitrogen and oxygen atoms in total. The van der Waals surface area contributed by atoms with Crippen molar-refractivity contribution in [3.63, 3.8) is 0 Å². The van der Waals surface area contributed by atoms with E-state index in [0.29, 0.717) is 5.69 Å². The number of rotatable bonds is 4. The Labute approximate surface area is 125 Å². The predicted molar refractivity (Wildman–Crippen MR) is 83.9 cm³/mol. The molecule has 0 spiro atoms. The smallest absolute Gasteiger partial charge is 0.292 e. The molecule has 0 aliphatic heterocycles. The van der Waals surface area contributed by atoms with E-state index in [9.17, 15) is 10.1 Å². The molecule has 0 bridgehead atoms. The molecule has 0 saturated carbocycles. The van der Waals surface area contributed by atoms with Crippen molar-refractivity contribution in [2.24, 2.45) is 0 Å². The number of nitrogens with zero attached hydrogens (tertiary/aromatic N) is 2. The fourth-order valence-corrected chi connectivity index (χ4v) is 2.60. The molecule has 6 heteroatoms. The molecule has 1 N–H and O–H groups in total. The first-order valence-corrected chi connectivity index (χ1v) is 7.12. The molecular weight excluding hydrogens is 286 g/mol. The van der Waals surface area contributed by atoms with Crippen LogP contribution in [0.5, 0.6) is 0 Å². The van der Waals surface area contributed by atoms with Gasteiger partial charge in [0.05, 0.1) is 4.92 Å². The Bertz CT molecular complexity index is 755. The average Bonchev–Trinajstić information content (AvgIpc) is 3.03. The molecule has 3 rings (SSSR count). The van der Waals surface area contributed by atoms with Crippen molar-refractivity contribution in [3.8, 4) is 10.6 Å². The van der Waals surface area contributed by atoms with Crippen LogP contribution in [0.3, 0.4) is 0 Å². The fourth-order valence-electron chi connectivity index (χ4n) is 1.96. The van der Waals surface area contributed by atoms with Crippen LogP contribution in [0.1, 0.15) is 0 Å². The maximum Gasteiger partial charge on any atom is 0.292 e. The number of nitrogens with one attached hydrogen (secondary N) is 1. The Morgan fingerprint density at radius 1 is 1.10 bits per heavy atom. The van der Waals surface area contributed by atoms with Crippen LogP contribution in [0.25, 0.3) is 10.6 Å². The summed E-state index contributed by atoms with van der Waals surface area (Å²) < 4.78 is 0. The number of anilines is 2. The maximum atomic E-state index is 11.0. The van der Waals surface area contributed by atoms with E-state index in [-0.39, 0.29) is 5.69 Å². The summed E-state index contributed by atoms with van der Waals surface area (Å²) >= 11 is 1.57. The zero-order chi connectivity index (χ0) is 14.7. The molecular formula is C15H11N3O2S. The van der Waals surface area contributed by atoms with E-state index in [0.717, 1.165) is 16.3 Å². The molecule has 3 aromatic rings. The van der Waals surface area contributed by atoms with Gasteiger partial charge in [-0.25, -0.2) is 4.98 Å². The number of benzene rings is 2. The average molecular weight is 297 g/mol. The first-order chi connectivity index (χ1) is 10.2. The van der Waals surface area contributed by atoms with Crippen LogP contribution in [-0.2, 0) is 0 Å². The number of hydrogen-bond donors (Lipinski definition) is 1. The second kappa shape index (κ2) is 5.72. The molecule has 104 valence electrons. The van der Waals surface area contributed by atoms with Crippen molar-refractivity contribution < 1.29 is 4.92 Å². The summed E-state index contributed by atoms with van der Waals surface area (Å²) in [6, 6.07) is 14.2. The largest absolute Gasteiger partial charge is 0.350 e. The minimum atomic E-state index is -0.397. The molecule has 1 aromatic heterocycles. The molecule has 0 aliphatic carbocycles. The zero-order valence-corrected chi connectivity index (χ0v) is 11.7. The van der Waals surface area contributed by atoms with Gasteiger partial charge in [-0.1, -0.05) is 12.1 Å². The second-order valence-corrected chi connectivity index (χ2v) is 5.21. The van der Waals surface area contributed by atoms with Gasteiger partial charge in [0, 0.05) is 28.9 Å². The lowest BCUT2D eigenvalue weighted by Gasteiger charge is -2.07. The first kappa shape index (κ1) is 13.3. The summed E-state index contributed by atoms with van der Waals surface area (Å²) in [5.74, 6) is 0. The van der Waals surface area contributed by atoms with Crippen LogP contribution >= 0.6 is 11.3 Å². The fraction of sp³-hybridized carbons (Fsp3) is 0. The number of hydrogen-bond acceptors (Lipinski definition) is 5. The molecule has 0 saturated heterocycles. The normalized spacial score (nSPS) is 10.3. The van der Waals surface area contributed by atoms with Gasteiger partial charge in [-0.3, -0.25) is 10.1 Å². The van der Waals surface area contributed by atoms with Crippen LogP contribution in [0.2, 0.25) is 0 Å². The van der Waals surface area contributed by atoms with E-state index in [1.54, 1.807) is 35.7 Å². The minimum Gasteiger partial charge on any atom is -0.350 e. The molecule has 1 heterocycles. The highest BCUT2D eigenvalue weighted by molar-refractivity contribution is 7.13. The quantitative estimate of drug-likeness (QED) is 0.570. The van der Waals surface area contributed by atoms with E-state index in [1.807, 2.05) is 29.6 Å². The number of nitro groups is 1. The summed E-state index contributed by atoms with van der Waals surface area (Å²) in [5.41, 5.74) is 2.36. The lowest BCUT2D eigenvalue weighted by Crippen LogP contribution is -1.96. The Kier molecular flexibility index (Phi) is 3.61. The summed E-state index contributed by atoms with van der Waals surface area (Å²) in [4.78, 5) is 14.8. The maximum absolute atomic E-state index is 11.0. The third-order valence-corrected chi connectivity index (χ3v) is 3.77. The SMILES string of the molecule is O=[N+]([O-])c1ccccc1Nc1ccc(-c2nccs2)cc1. The highest BCUT2D eigenvalue weighted by Crippen LogP contribution is 2.28. The predicted octanol–water partition coefficient (Wildman–Crippen LogP) is 4.46. The van der Waals surface area contributed by atoms with Gasteiger partial charge < -0.3 is 5.32 Å². The van der Waals surface area contributed by atoms with Crippen molar-refractivity contribution in [1.29, 1.82) is 0 Å². The molecule has 0 fully saturated rings. The Hall–Kier alpha value is -2.73. The minimum absolute atomic E-state index is 0.0569. The van der Waals surface area contributed by atoms with Gasteiger partial charge in [0.25, 0.3) is 5.69 Å². The van der Waals surface area contributed by atoms with Gasteiger partial charge in [-0.2, -0.15) is 0 Å². The number of nitro benzene ring substituents is 1. The monoisotopic (exact) mass is 297 g/mol. The standard InChI is InChI=1S/C15H11N3O2S/c19-18(20)14-4-2-1-3-13(14)17-12-7-5-11(6-8-12)15-16-9-10-21-15/h1-10,17H. The van der Waals surface area contributed by atoms with E-state index in [1.165, 1.54) is 6.07 Å². The first-order valence-electron chi connectivity index (χ1n) is 6.24. The number of thiazole rings is 1.